The van der Waals surface area contributed by atoms with Crippen molar-refractivity contribution in [2.45, 2.75) is 57.9 Å². The minimum absolute atomic E-state index is 0.0889. The normalized spacial score (nSPS) is 12.6. The third-order valence-electron chi connectivity index (χ3n) is 6.84. The van der Waals surface area contributed by atoms with Crippen molar-refractivity contribution in [1.29, 1.82) is 0 Å². The summed E-state index contributed by atoms with van der Waals surface area (Å²) in [5, 5.41) is 5.44. The number of hydrogen-bond donors (Lipinski definition) is 4. The van der Waals surface area contributed by atoms with Gasteiger partial charge in [-0.05, 0) is 62.9 Å². The molecule has 0 fully saturated rings. The summed E-state index contributed by atoms with van der Waals surface area (Å²) in [6.45, 7) is 5.45. The van der Waals surface area contributed by atoms with E-state index in [0.717, 1.165) is 23.3 Å². The second-order valence-electron chi connectivity index (χ2n) is 11.1. The van der Waals surface area contributed by atoms with Crippen LogP contribution in [0.1, 0.15) is 66.0 Å². The Morgan fingerprint density at radius 2 is 1.68 bits per heavy atom. The molecule has 2 heterocycles. The number of aryl methyl sites for hydroxylation is 1. The average molecular weight is 614 g/mol. The van der Waals surface area contributed by atoms with Crippen LogP contribution in [0.25, 0.3) is 11.3 Å². The Balaban J connectivity index is 1.51. The number of rotatable bonds is 10. The fraction of sp³-hybridized carbons (Fsp3) is 0.290. The van der Waals surface area contributed by atoms with Crippen LogP contribution in [0, 0.1) is 11.6 Å². The number of carbonyl (C=O) groups is 1. The number of nitrogens with zero attached hydrogens (tertiary/aromatic N) is 3. The number of nitrogen functional groups attached to an aromatic ring is 1. The van der Waals surface area contributed by atoms with Crippen LogP contribution in [0.3, 0.4) is 0 Å². The molecule has 4 rings (SSSR count). The Labute approximate surface area is 251 Å². The first-order valence-electron chi connectivity index (χ1n) is 13.7. The number of alkyl halides is 3. The van der Waals surface area contributed by atoms with Gasteiger partial charge in [0.15, 0.2) is 11.6 Å². The van der Waals surface area contributed by atoms with Crippen LogP contribution in [-0.4, -0.2) is 26.4 Å². The summed E-state index contributed by atoms with van der Waals surface area (Å²) in [7, 11) is 0. The fourth-order valence-corrected chi connectivity index (χ4v) is 4.25. The smallest absolute Gasteiger partial charge is 0.382 e. The monoisotopic (exact) mass is 613 g/mol. The van der Waals surface area contributed by atoms with Crippen molar-refractivity contribution in [2.75, 3.05) is 11.1 Å². The second-order valence-corrected chi connectivity index (χ2v) is 11.1. The Hall–Kier alpha value is -4.65. The zero-order chi connectivity index (χ0) is 32.2. The lowest BCUT2D eigenvalue weighted by molar-refractivity contribution is -0.137. The molecule has 0 saturated carbocycles. The molecule has 4 aromatic rings. The number of hydrogen-bond acceptors (Lipinski definition) is 7. The number of benzene rings is 2. The van der Waals surface area contributed by atoms with Crippen LogP contribution in [0.2, 0.25) is 0 Å². The van der Waals surface area contributed by atoms with E-state index in [1.807, 2.05) is 26.0 Å². The first-order chi connectivity index (χ1) is 20.6. The third kappa shape index (κ3) is 8.25. The Kier molecular flexibility index (Phi) is 9.47. The summed E-state index contributed by atoms with van der Waals surface area (Å²) in [5.74, 6) is -2.81. The highest BCUT2D eigenvalue weighted by molar-refractivity contribution is 5.99. The van der Waals surface area contributed by atoms with Crippen molar-refractivity contribution in [3.8, 4) is 11.3 Å². The van der Waals surface area contributed by atoms with Crippen molar-refractivity contribution in [1.82, 2.24) is 20.3 Å². The van der Waals surface area contributed by atoms with E-state index in [1.54, 1.807) is 18.3 Å². The van der Waals surface area contributed by atoms with Crippen molar-refractivity contribution in [3.05, 3.63) is 101 Å². The predicted octanol–water partition coefficient (Wildman–Crippen LogP) is 6.19. The van der Waals surface area contributed by atoms with Gasteiger partial charge in [0.2, 0.25) is 0 Å². The van der Waals surface area contributed by atoms with Gasteiger partial charge in [0.25, 0.3) is 5.91 Å². The lowest BCUT2D eigenvalue weighted by atomic mass is 9.98. The molecule has 2 aromatic heterocycles. The van der Waals surface area contributed by atoms with Gasteiger partial charge in [-0.25, -0.2) is 23.7 Å². The quantitative estimate of drug-likeness (QED) is 0.157. The van der Waals surface area contributed by atoms with E-state index >= 15 is 0 Å². The highest BCUT2D eigenvalue weighted by Gasteiger charge is 2.33. The Bertz CT molecular complexity index is 1640. The highest BCUT2D eigenvalue weighted by atomic mass is 19.4. The first-order valence-corrected chi connectivity index (χ1v) is 13.7. The zero-order valence-corrected chi connectivity index (χ0v) is 24.3. The maximum absolute atomic E-state index is 13.7. The summed E-state index contributed by atoms with van der Waals surface area (Å²) in [6.07, 6.45) is -1.31. The maximum atomic E-state index is 13.7. The largest absolute Gasteiger partial charge is 0.417 e. The van der Waals surface area contributed by atoms with E-state index in [4.69, 9.17) is 11.5 Å². The van der Waals surface area contributed by atoms with E-state index in [9.17, 15) is 26.7 Å². The summed E-state index contributed by atoms with van der Waals surface area (Å²) < 4.78 is 67.4. The molecule has 0 aliphatic rings. The van der Waals surface area contributed by atoms with E-state index in [-0.39, 0.29) is 29.0 Å². The number of anilines is 2. The molecule has 1 amide bonds. The zero-order valence-electron chi connectivity index (χ0n) is 24.3. The molecule has 0 aliphatic heterocycles. The third-order valence-corrected chi connectivity index (χ3v) is 6.84. The number of aromatic nitrogens is 3. The van der Waals surface area contributed by atoms with Crippen molar-refractivity contribution < 1.29 is 26.7 Å². The van der Waals surface area contributed by atoms with E-state index in [2.05, 4.69) is 25.6 Å². The summed E-state index contributed by atoms with van der Waals surface area (Å²) in [6, 6.07) is 10.1. The molecular weight excluding hydrogens is 581 g/mol. The molecule has 8 nitrogen and oxygen atoms in total. The number of halogens is 5. The SMILES string of the molecule is C[C@H](NC(=O)c1cc(C(F)(F)F)cnc1NCc1ccc(-c2cnc(N)c(CCC(C)(C)N)n2)cc1)c1ccc(F)c(F)c1. The molecule has 0 radical (unpaired) electrons. The minimum atomic E-state index is -4.74. The van der Waals surface area contributed by atoms with Crippen molar-refractivity contribution in [3.63, 3.8) is 0 Å². The molecule has 13 heteroatoms. The molecule has 44 heavy (non-hydrogen) atoms. The molecule has 0 bridgehead atoms. The highest BCUT2D eigenvalue weighted by Crippen LogP contribution is 2.31. The van der Waals surface area contributed by atoms with Gasteiger partial charge in [0.05, 0.1) is 34.8 Å². The number of nitrogens with one attached hydrogen (secondary N) is 2. The second kappa shape index (κ2) is 12.9. The van der Waals surface area contributed by atoms with Gasteiger partial charge in [0, 0.05) is 23.8 Å². The predicted molar refractivity (Wildman–Crippen MR) is 157 cm³/mol. The fourth-order valence-electron chi connectivity index (χ4n) is 4.25. The molecule has 1 atom stereocenters. The van der Waals surface area contributed by atoms with Gasteiger partial charge in [-0.1, -0.05) is 30.3 Å². The van der Waals surface area contributed by atoms with Crippen LogP contribution in [-0.2, 0) is 19.1 Å². The van der Waals surface area contributed by atoms with Gasteiger partial charge in [-0.3, -0.25) is 4.79 Å². The van der Waals surface area contributed by atoms with Crippen LogP contribution >= 0.6 is 0 Å². The van der Waals surface area contributed by atoms with Gasteiger partial charge in [0.1, 0.15) is 11.6 Å². The minimum Gasteiger partial charge on any atom is -0.382 e. The topological polar surface area (TPSA) is 132 Å². The molecular formula is C31H32F5N7O. The van der Waals surface area contributed by atoms with E-state index in [1.165, 1.54) is 13.0 Å². The van der Waals surface area contributed by atoms with Crippen molar-refractivity contribution in [2.24, 2.45) is 5.73 Å². The molecule has 6 N–H and O–H groups in total. The molecule has 2 aromatic carbocycles. The van der Waals surface area contributed by atoms with E-state index in [0.29, 0.717) is 42.3 Å². The Morgan fingerprint density at radius 3 is 2.32 bits per heavy atom. The van der Waals surface area contributed by atoms with Crippen LogP contribution in [0.15, 0.2) is 60.9 Å². The maximum Gasteiger partial charge on any atom is 0.417 e. The lowest BCUT2D eigenvalue weighted by Crippen LogP contribution is -2.32. The molecule has 0 spiro atoms. The van der Waals surface area contributed by atoms with Gasteiger partial charge < -0.3 is 22.1 Å². The van der Waals surface area contributed by atoms with Gasteiger partial charge in [-0.15, -0.1) is 0 Å². The molecule has 0 aliphatic carbocycles. The van der Waals surface area contributed by atoms with Gasteiger partial charge >= 0.3 is 6.18 Å². The van der Waals surface area contributed by atoms with Gasteiger partial charge in [-0.2, -0.15) is 13.2 Å². The number of pyridine rings is 1. The number of nitrogens with two attached hydrogens (primary N) is 2. The van der Waals surface area contributed by atoms with E-state index < -0.39 is 35.3 Å². The van der Waals surface area contributed by atoms with Crippen LogP contribution in [0.4, 0.5) is 33.6 Å². The standard InChI is InChI=1S/C31H32F5N7O/c1-17(20-8-9-23(32)24(33)12-20)42-29(44)22-13-21(31(34,35)36)15-41-28(22)40-14-18-4-6-19(7-5-18)26-16-39-27(37)25(43-26)10-11-30(2,3)38/h4-9,12-13,15-17H,10-11,14,38H2,1-3H3,(H2,37,39)(H,40,41)(H,42,44)/t17-/m0/s1. The number of carbonyl (C=O) groups excluding carboxylic acids is 1. The number of amides is 1. The summed E-state index contributed by atoms with van der Waals surface area (Å²) in [5.41, 5.74) is 13.2. The summed E-state index contributed by atoms with van der Waals surface area (Å²) >= 11 is 0. The molecule has 0 unspecified atom stereocenters. The molecule has 0 saturated heterocycles. The average Bonchev–Trinajstić information content (AvgIpc) is 2.96. The van der Waals surface area contributed by atoms with Crippen LogP contribution < -0.4 is 22.1 Å². The summed E-state index contributed by atoms with van der Waals surface area (Å²) in [4.78, 5) is 25.8. The van der Waals surface area contributed by atoms with Crippen molar-refractivity contribution >= 4 is 17.5 Å². The van der Waals surface area contributed by atoms with Crippen LogP contribution in [0.5, 0.6) is 0 Å². The Morgan fingerprint density at radius 1 is 0.977 bits per heavy atom. The molecule has 232 valence electrons. The lowest BCUT2D eigenvalue weighted by Gasteiger charge is -2.18. The first kappa shape index (κ1) is 32.3.